The number of rotatable bonds is 6. The van der Waals surface area contributed by atoms with Crippen LogP contribution in [-0.2, 0) is 6.61 Å². The quantitative estimate of drug-likeness (QED) is 0.861. The number of aliphatic hydroxyl groups excluding tert-OH is 1. The highest BCUT2D eigenvalue weighted by Crippen LogP contribution is 2.15. The summed E-state index contributed by atoms with van der Waals surface area (Å²) in [5, 5.41) is 8.87. The minimum absolute atomic E-state index is 0.116. The molecule has 0 saturated carbocycles. The van der Waals surface area contributed by atoms with Gasteiger partial charge in [0.15, 0.2) is 0 Å². The van der Waals surface area contributed by atoms with Crippen LogP contribution in [0.5, 0.6) is 5.75 Å². The highest BCUT2D eigenvalue weighted by atomic mass is 16.5. The number of likely N-dealkylation sites (N-methyl/N-ethyl adjacent to an activating group) is 1. The summed E-state index contributed by atoms with van der Waals surface area (Å²) in [6, 6.07) is 13.8. The summed E-state index contributed by atoms with van der Waals surface area (Å²) in [5.74, 6) is 1.56. The third-order valence-corrected chi connectivity index (χ3v) is 2.80. The highest BCUT2D eigenvalue weighted by molar-refractivity contribution is 5.39. The second-order valence-electron chi connectivity index (χ2n) is 4.27. The van der Waals surface area contributed by atoms with Crippen LogP contribution in [0.2, 0.25) is 0 Å². The van der Waals surface area contributed by atoms with Crippen molar-refractivity contribution in [2.24, 2.45) is 0 Å². The molecule has 2 rings (SSSR count). The van der Waals surface area contributed by atoms with Crippen molar-refractivity contribution in [2.75, 3.05) is 25.1 Å². The van der Waals surface area contributed by atoms with Gasteiger partial charge in [-0.2, -0.15) is 0 Å². The van der Waals surface area contributed by atoms with Crippen LogP contribution in [0.4, 0.5) is 5.82 Å². The zero-order valence-electron chi connectivity index (χ0n) is 11.0. The number of benzene rings is 1. The van der Waals surface area contributed by atoms with Crippen LogP contribution in [0.3, 0.4) is 0 Å². The molecule has 1 heterocycles. The minimum atomic E-state index is 0.116. The molecule has 1 aromatic heterocycles. The van der Waals surface area contributed by atoms with E-state index in [1.54, 1.807) is 6.20 Å². The summed E-state index contributed by atoms with van der Waals surface area (Å²) >= 11 is 0. The lowest BCUT2D eigenvalue weighted by Crippen LogP contribution is -2.21. The van der Waals surface area contributed by atoms with E-state index in [0.717, 1.165) is 17.1 Å². The van der Waals surface area contributed by atoms with Crippen molar-refractivity contribution in [3.8, 4) is 5.75 Å². The maximum Gasteiger partial charge on any atom is 0.138 e. The molecule has 0 radical (unpaired) electrons. The third kappa shape index (κ3) is 3.96. The lowest BCUT2D eigenvalue weighted by Gasteiger charge is -2.16. The summed E-state index contributed by atoms with van der Waals surface area (Å²) in [7, 11) is 1.89. The van der Waals surface area contributed by atoms with Crippen molar-refractivity contribution in [1.29, 1.82) is 0 Å². The molecule has 1 N–H and O–H groups in total. The molecule has 1 aromatic carbocycles. The first-order valence-electron chi connectivity index (χ1n) is 6.24. The average Bonchev–Trinajstić information content (AvgIpc) is 2.47. The Morgan fingerprint density at radius 1 is 1.16 bits per heavy atom. The Kier molecular flexibility index (Phi) is 4.75. The van der Waals surface area contributed by atoms with Crippen molar-refractivity contribution in [2.45, 2.75) is 6.61 Å². The summed E-state index contributed by atoms with van der Waals surface area (Å²) in [5.41, 5.74) is 1.13. The molecule has 0 spiro atoms. The third-order valence-electron chi connectivity index (χ3n) is 2.80. The molecule has 4 nitrogen and oxygen atoms in total. The van der Waals surface area contributed by atoms with Gasteiger partial charge in [-0.15, -0.1) is 0 Å². The first kappa shape index (κ1) is 13.4. The number of nitrogens with zero attached hydrogens (tertiary/aromatic N) is 2. The average molecular weight is 258 g/mol. The molecule has 0 amide bonds. The van der Waals surface area contributed by atoms with Gasteiger partial charge in [-0.05, 0) is 17.7 Å². The number of hydrogen-bond donors (Lipinski definition) is 1. The Morgan fingerprint density at radius 3 is 2.58 bits per heavy atom. The molecule has 100 valence electrons. The first-order chi connectivity index (χ1) is 9.29. The van der Waals surface area contributed by atoms with Crippen LogP contribution in [0.15, 0.2) is 48.7 Å². The number of anilines is 1. The van der Waals surface area contributed by atoms with Gasteiger partial charge >= 0.3 is 0 Å². The van der Waals surface area contributed by atoms with Gasteiger partial charge in [0.2, 0.25) is 0 Å². The van der Waals surface area contributed by atoms with Crippen LogP contribution in [0.1, 0.15) is 5.56 Å². The van der Waals surface area contributed by atoms with Crippen LogP contribution in [0.25, 0.3) is 0 Å². The van der Waals surface area contributed by atoms with E-state index in [9.17, 15) is 0 Å². The van der Waals surface area contributed by atoms with E-state index in [4.69, 9.17) is 9.84 Å². The number of aliphatic hydroxyl groups is 1. The van der Waals surface area contributed by atoms with Gasteiger partial charge in [-0.1, -0.05) is 30.3 Å². The smallest absolute Gasteiger partial charge is 0.138 e. The molecule has 19 heavy (non-hydrogen) atoms. The van der Waals surface area contributed by atoms with E-state index in [1.807, 2.05) is 54.4 Å². The summed E-state index contributed by atoms with van der Waals surface area (Å²) < 4.78 is 5.66. The Hall–Kier alpha value is -2.07. The van der Waals surface area contributed by atoms with Gasteiger partial charge in [0.25, 0.3) is 0 Å². The van der Waals surface area contributed by atoms with Crippen molar-refractivity contribution in [1.82, 2.24) is 4.98 Å². The molecule has 0 bridgehead atoms. The van der Waals surface area contributed by atoms with E-state index in [1.165, 1.54) is 0 Å². The predicted octanol–water partition coefficient (Wildman–Crippen LogP) is 2.09. The maximum atomic E-state index is 8.87. The van der Waals surface area contributed by atoms with Crippen molar-refractivity contribution in [3.63, 3.8) is 0 Å². The van der Waals surface area contributed by atoms with Gasteiger partial charge in [-0.3, -0.25) is 0 Å². The number of hydrogen-bond acceptors (Lipinski definition) is 4. The molecule has 4 heteroatoms. The lowest BCUT2D eigenvalue weighted by molar-refractivity contribution is 0.302. The standard InChI is InChI=1S/C15H18N2O2/c1-17(9-10-18)15-8-7-14(11-16-15)19-12-13-5-3-2-4-6-13/h2-8,11,18H,9-10,12H2,1H3. The zero-order valence-corrected chi connectivity index (χ0v) is 11.0. The van der Waals surface area contributed by atoms with Gasteiger partial charge in [0.1, 0.15) is 18.2 Å². The van der Waals surface area contributed by atoms with Crippen LogP contribution < -0.4 is 9.64 Å². The van der Waals surface area contributed by atoms with Crippen LogP contribution >= 0.6 is 0 Å². The molecule has 0 aliphatic carbocycles. The SMILES string of the molecule is CN(CCO)c1ccc(OCc2ccccc2)cn1. The van der Waals surface area contributed by atoms with E-state index in [-0.39, 0.29) is 6.61 Å². The molecular weight excluding hydrogens is 240 g/mol. The Balaban J connectivity index is 1.92. The van der Waals surface area contributed by atoms with Crippen LogP contribution in [-0.4, -0.2) is 30.3 Å². The van der Waals surface area contributed by atoms with Crippen molar-refractivity contribution < 1.29 is 9.84 Å². The maximum absolute atomic E-state index is 8.87. The number of pyridine rings is 1. The topological polar surface area (TPSA) is 45.6 Å². The lowest BCUT2D eigenvalue weighted by atomic mass is 10.2. The number of aromatic nitrogens is 1. The molecule has 0 unspecified atom stereocenters. The highest BCUT2D eigenvalue weighted by Gasteiger charge is 2.02. The van der Waals surface area contributed by atoms with E-state index in [2.05, 4.69) is 4.98 Å². The van der Waals surface area contributed by atoms with E-state index in [0.29, 0.717) is 13.2 Å². The zero-order chi connectivity index (χ0) is 13.5. The summed E-state index contributed by atoms with van der Waals surface area (Å²) in [6.45, 7) is 1.22. The Labute approximate surface area is 113 Å². The fourth-order valence-electron chi connectivity index (χ4n) is 1.69. The van der Waals surface area contributed by atoms with E-state index >= 15 is 0 Å². The fraction of sp³-hybridized carbons (Fsp3) is 0.267. The molecule has 0 fully saturated rings. The molecule has 0 atom stereocenters. The largest absolute Gasteiger partial charge is 0.487 e. The summed E-state index contributed by atoms with van der Waals surface area (Å²) in [6.07, 6.45) is 1.70. The molecular formula is C15H18N2O2. The van der Waals surface area contributed by atoms with Crippen molar-refractivity contribution >= 4 is 5.82 Å². The van der Waals surface area contributed by atoms with Gasteiger partial charge in [0, 0.05) is 13.6 Å². The molecule has 0 saturated heterocycles. The predicted molar refractivity (Wildman–Crippen MR) is 75.4 cm³/mol. The van der Waals surface area contributed by atoms with Crippen LogP contribution in [0, 0.1) is 0 Å². The van der Waals surface area contributed by atoms with E-state index < -0.39 is 0 Å². The first-order valence-corrected chi connectivity index (χ1v) is 6.24. The minimum Gasteiger partial charge on any atom is -0.487 e. The van der Waals surface area contributed by atoms with Crippen molar-refractivity contribution in [3.05, 3.63) is 54.2 Å². The second-order valence-corrected chi connectivity index (χ2v) is 4.27. The summed E-state index contributed by atoms with van der Waals surface area (Å²) in [4.78, 5) is 6.19. The molecule has 2 aromatic rings. The van der Waals surface area contributed by atoms with Gasteiger partial charge < -0.3 is 14.7 Å². The number of ether oxygens (including phenoxy) is 1. The Morgan fingerprint density at radius 2 is 1.95 bits per heavy atom. The second kappa shape index (κ2) is 6.75. The molecule has 0 aliphatic heterocycles. The monoisotopic (exact) mass is 258 g/mol. The van der Waals surface area contributed by atoms with Gasteiger partial charge in [-0.25, -0.2) is 4.98 Å². The Bertz CT molecular complexity index is 485. The van der Waals surface area contributed by atoms with Gasteiger partial charge in [0.05, 0.1) is 12.8 Å². The normalized spacial score (nSPS) is 10.2. The molecule has 0 aliphatic rings. The fourth-order valence-corrected chi connectivity index (χ4v) is 1.69.